The van der Waals surface area contributed by atoms with E-state index in [1.807, 2.05) is 9.47 Å². The van der Waals surface area contributed by atoms with Gasteiger partial charge in [0.1, 0.15) is 42.7 Å². The Balaban J connectivity index is 0.000000271. The van der Waals surface area contributed by atoms with Crippen molar-refractivity contribution in [1.29, 1.82) is 0 Å². The van der Waals surface area contributed by atoms with Crippen LogP contribution in [0.5, 0.6) is 0 Å². The summed E-state index contributed by atoms with van der Waals surface area (Å²) in [6, 6.07) is 13.6. The van der Waals surface area contributed by atoms with Gasteiger partial charge in [-0.1, -0.05) is 76.7 Å². The molecule has 2 saturated heterocycles. The zero-order valence-electron chi connectivity index (χ0n) is 69.8. The Kier molecular flexibility index (Phi) is 29.3. The molecule has 0 aromatic heterocycles. The molecule has 2 aromatic carbocycles. The molecule has 2 aromatic rings. The topological polar surface area (TPSA) is 462 Å². The van der Waals surface area contributed by atoms with Crippen LogP contribution in [0.2, 0.25) is 8.36 Å². The summed E-state index contributed by atoms with van der Waals surface area (Å²) < 4.78 is 91.8. The molecule has 36 heteroatoms. The SMILES string of the molecule is C=CCOC(=O)O[C@H]1C[C@H]2OC[C@@]2(OC(C)=O)[C@H]2[C@H](OC(=O)c3ccccc3)[C@]3(O)C[C@H](OC(=O)[C@H](OP)[C@H](C)NC(C)=O)C(C)=C([C@@H](OC(C)=O)C(=O)[C@]12C)C3(C)C.[CH3][Hg][CH2]CCOC(=O)O[C@H]1C[C@H]2OC[C@@]2(OC(C)=O)[C@H]2[C@H](OC(=O)c3ccccc3)[C@]3(O)C[C@H](OC(=O)[C@H](O)[C@H](C)NC(C)=O)C(C)=C([C@@H](OC(C)=O)C(=O)[C@]12C)C3(C)C. The average molecular weight is 1880 g/mol. The fourth-order valence-corrected chi connectivity index (χ4v) is 22.1. The first kappa shape index (κ1) is 94.2. The average Bonchev–Trinajstić information content (AvgIpc) is 0.671. The van der Waals surface area contributed by atoms with E-state index >= 15 is 9.59 Å². The molecule has 2 heterocycles. The van der Waals surface area contributed by atoms with Gasteiger partial charge < -0.3 is 63.3 Å². The maximum atomic E-state index is 15.8. The van der Waals surface area contributed by atoms with E-state index in [0.29, 0.717) is 6.42 Å². The van der Waals surface area contributed by atoms with Crippen LogP contribution >= 0.6 is 9.47 Å². The molecular formula is C83H107HgN2O32P. The van der Waals surface area contributed by atoms with Crippen LogP contribution in [0.4, 0.5) is 9.59 Å². The molecule has 0 radical (unpaired) electrons. The van der Waals surface area contributed by atoms with Gasteiger partial charge in [0.2, 0.25) is 11.8 Å². The van der Waals surface area contributed by atoms with E-state index in [1.54, 1.807) is 64.1 Å². The first-order chi connectivity index (χ1) is 55.7. The van der Waals surface area contributed by atoms with Crippen LogP contribution in [0.1, 0.15) is 164 Å². The standard InChI is InChI=1S/C41H52NO16P.C41H52NO16.CH3.Hg/c1-10-16-51-37(49)55-27-17-28-40(19-52-28,57-24(6)45)32-34(56-35(47)25-14-12-11-13-15-25)41(50)18-26(54-36(48)30(58-59)21(3)42-22(4)43)20(2)29(38(41,7)8)31(53-23(5)44)33(46)39(27,32)9;1-10-16-52-37(50)56-27-17-28-40(19-53-28,58-24(6)45)32-34(57-35(48)25-14-12-11-13-15-25)41(51)18-26(55-36(49)30(46)21(3)42-22(4)43)20(2)29(38(41,7)8)31(54-23(5)44)33(47)39(27,32)9;;/h10-15,21,26-28,30-32,34,50H,1,16-19,59H2,2-9H3,(H,42,43);11-15,21,26-28,30-32,34,46,51H,1,10,16-19H2,2-9H3,(H,42,43);1H3;/t2*21-,26-,27-,28+,30+,31+,32-,34-,39+,40-,41+;;/m00../s1. The van der Waals surface area contributed by atoms with Crippen LogP contribution in [-0.2, 0) is 143 Å². The van der Waals surface area contributed by atoms with Crippen LogP contribution in [0, 0.1) is 33.5 Å². The molecule has 5 N–H and O–H groups in total. The Morgan fingerprint density at radius 1 is 0.571 bits per heavy atom. The number of hydrogen-bond donors (Lipinski definition) is 5. The summed E-state index contributed by atoms with van der Waals surface area (Å²) in [7, 11) is 1.95. The summed E-state index contributed by atoms with van der Waals surface area (Å²) in [5, 5.41) is 43.3. The first-order valence-corrected chi connectivity index (χ1v) is 49.2. The van der Waals surface area contributed by atoms with Gasteiger partial charge in [0, 0.05) is 69.3 Å². The molecule has 0 spiro atoms. The Bertz CT molecular complexity index is 4360. The number of aliphatic hydroxyl groups is 3. The monoisotopic (exact) mass is 1880 g/mol. The van der Waals surface area contributed by atoms with Crippen LogP contribution in [0.15, 0.2) is 95.6 Å². The molecule has 6 fully saturated rings. The number of ketones is 2. The Labute approximate surface area is 703 Å². The number of carbonyl (C=O) groups is 14. The number of benzene rings is 2. The number of rotatable bonds is 25. The van der Waals surface area contributed by atoms with Crippen molar-refractivity contribution in [3.8, 4) is 0 Å². The number of aliphatic hydroxyl groups excluding tert-OH is 1. The fraction of sp³-hybridized carbons (Fsp3) is 0.614. The molecule has 2 aliphatic heterocycles. The third-order valence-electron chi connectivity index (χ3n) is 25.0. The third-order valence-corrected chi connectivity index (χ3v) is 30.0. The van der Waals surface area contributed by atoms with Gasteiger partial charge in [-0.2, -0.15) is 0 Å². The van der Waals surface area contributed by atoms with E-state index in [2.05, 4.69) is 21.6 Å². The van der Waals surface area contributed by atoms with Gasteiger partial charge in [0.25, 0.3) is 0 Å². The summed E-state index contributed by atoms with van der Waals surface area (Å²) in [4.78, 5) is 190. The van der Waals surface area contributed by atoms with E-state index in [9.17, 15) is 72.9 Å². The molecule has 1 unspecified atom stereocenters. The molecule has 648 valence electrons. The minimum absolute atomic E-state index is 0.00411. The summed E-state index contributed by atoms with van der Waals surface area (Å²) in [5.74, 6) is -13.4. The van der Waals surface area contributed by atoms with Crippen molar-refractivity contribution in [3.05, 3.63) is 107 Å². The summed E-state index contributed by atoms with van der Waals surface area (Å²) in [6.45, 7) is 24.6. The Morgan fingerprint density at radius 2 is 0.966 bits per heavy atom. The Hall–Kier alpha value is -8.63. The number of carbonyl (C=O) groups excluding carboxylic acids is 14. The predicted molar refractivity (Wildman–Crippen MR) is 410 cm³/mol. The van der Waals surface area contributed by atoms with E-state index < -0.39 is 262 Å². The number of fused-ring (bicyclic) bond motifs is 10. The van der Waals surface area contributed by atoms with E-state index in [1.165, 1.54) is 85.7 Å². The zero-order valence-corrected chi connectivity index (χ0v) is 76.5. The van der Waals surface area contributed by atoms with Gasteiger partial charge >= 0.3 is 245 Å². The molecule has 4 bridgehead atoms. The molecule has 23 atom stereocenters. The molecule has 34 nitrogen and oxygen atoms in total. The maximum absolute atomic E-state index is 15.8. The van der Waals surface area contributed by atoms with Crippen molar-refractivity contribution in [2.75, 3.05) is 26.4 Å². The van der Waals surface area contributed by atoms with Gasteiger partial charge in [-0.25, -0.2) is 24.0 Å². The molecule has 10 rings (SSSR count). The number of nitrogens with one attached hydrogen (secondary N) is 2. The van der Waals surface area contributed by atoms with Gasteiger partial charge in [0.05, 0.1) is 41.2 Å². The smallest absolute Gasteiger partial charge is 0.0530 e. The second kappa shape index (κ2) is 37.0. The van der Waals surface area contributed by atoms with Crippen molar-refractivity contribution in [2.45, 2.75) is 259 Å². The summed E-state index contributed by atoms with van der Waals surface area (Å²) >= 11 is -1.01. The number of hydrogen-bond acceptors (Lipinski definition) is 32. The van der Waals surface area contributed by atoms with Crippen molar-refractivity contribution in [2.24, 2.45) is 33.5 Å². The van der Waals surface area contributed by atoms with Gasteiger partial charge in [-0.15, -0.1) is 0 Å². The van der Waals surface area contributed by atoms with Crippen LogP contribution < -0.4 is 10.6 Å². The summed E-state index contributed by atoms with van der Waals surface area (Å²) in [6.07, 6.45) is -20.5. The van der Waals surface area contributed by atoms with E-state index in [0.717, 1.165) is 31.6 Å². The van der Waals surface area contributed by atoms with Gasteiger partial charge in [-0.05, 0) is 70.0 Å². The van der Waals surface area contributed by atoms with E-state index in [-0.39, 0.29) is 72.7 Å². The fourth-order valence-electron chi connectivity index (χ4n) is 19.1. The van der Waals surface area contributed by atoms with Crippen molar-refractivity contribution < 1.29 is 178 Å². The van der Waals surface area contributed by atoms with Crippen molar-refractivity contribution >= 4 is 92.9 Å². The Morgan fingerprint density at radius 3 is 1.32 bits per heavy atom. The van der Waals surface area contributed by atoms with Crippen molar-refractivity contribution in [3.63, 3.8) is 0 Å². The van der Waals surface area contributed by atoms with Crippen molar-refractivity contribution in [1.82, 2.24) is 10.6 Å². The second-order valence-electron chi connectivity index (χ2n) is 33.2. The summed E-state index contributed by atoms with van der Waals surface area (Å²) in [5.41, 5.74) is -15.5. The minimum Gasteiger partial charge on any atom is -0.0530 e. The van der Waals surface area contributed by atoms with E-state index in [4.69, 9.17) is 70.8 Å². The van der Waals surface area contributed by atoms with Crippen LogP contribution in [0.25, 0.3) is 0 Å². The van der Waals surface area contributed by atoms with Gasteiger partial charge in [-0.3, -0.25) is 33.6 Å². The second-order valence-corrected chi connectivity index (χ2v) is 40.1. The number of Topliss-reactive ketones (excluding diaryl/α,β-unsaturated/α-hetero) is 2. The molecule has 119 heavy (non-hydrogen) atoms. The normalized spacial score (nSPS) is 32.5. The number of amides is 2. The van der Waals surface area contributed by atoms with Crippen LogP contribution in [-0.4, -0.2) is 233 Å². The predicted octanol–water partition coefficient (Wildman–Crippen LogP) is 6.44. The number of esters is 8. The quantitative estimate of drug-likeness (QED) is 0.0178. The number of ether oxygens (including phenoxy) is 14. The molecule has 4 saturated carbocycles. The zero-order chi connectivity index (χ0) is 88.4. The van der Waals surface area contributed by atoms with Gasteiger partial charge in [0.15, 0.2) is 29.7 Å². The molecule has 8 aliphatic rings. The minimum atomic E-state index is -2.40. The molecule has 6 aliphatic carbocycles. The third kappa shape index (κ3) is 17.9. The first-order valence-electron chi connectivity index (χ1n) is 39.4. The molecular weight excluding hydrogens is 1770 g/mol. The van der Waals surface area contributed by atoms with Crippen LogP contribution in [0.3, 0.4) is 0 Å². The molecule has 2 amide bonds.